The van der Waals surface area contributed by atoms with Crippen LogP contribution in [-0.2, 0) is 0 Å². The van der Waals surface area contributed by atoms with E-state index in [4.69, 9.17) is 0 Å². The van der Waals surface area contributed by atoms with Crippen LogP contribution >= 0.6 is 0 Å². The monoisotopic (exact) mass is 345 g/mol. The Kier molecular flexibility index (Phi) is 5.12. The molecule has 0 spiro atoms. The third kappa shape index (κ3) is 4.36. The maximum atomic E-state index is 12.4. The van der Waals surface area contributed by atoms with E-state index in [-0.39, 0.29) is 11.6 Å². The fraction of sp³-hybridized carbons (Fsp3) is 0.150. The summed E-state index contributed by atoms with van der Waals surface area (Å²) in [7, 11) is 0. The van der Waals surface area contributed by atoms with Gasteiger partial charge >= 0.3 is 0 Å². The number of aryl methyl sites for hydroxylation is 3. The third-order valence-electron chi connectivity index (χ3n) is 3.72. The molecule has 3 rings (SSSR count). The molecule has 0 aliphatic rings. The Morgan fingerprint density at radius 3 is 2.31 bits per heavy atom. The van der Waals surface area contributed by atoms with E-state index in [9.17, 15) is 4.79 Å². The van der Waals surface area contributed by atoms with Gasteiger partial charge in [0.05, 0.1) is 23.3 Å². The first-order valence-electron chi connectivity index (χ1n) is 8.20. The van der Waals surface area contributed by atoms with Crippen molar-refractivity contribution < 1.29 is 4.79 Å². The predicted octanol–water partition coefficient (Wildman–Crippen LogP) is 5.07. The van der Waals surface area contributed by atoms with E-state index in [2.05, 4.69) is 25.5 Å². The standard InChI is InChI=1S/C20H19N5O/c1-13-4-7-16(8-5-13)24-25-18-10-14(2)6-9-17(18)23-20(26)19-12-21-15(3)11-22-19/h4-12H,1-3H3,(H,23,26). The van der Waals surface area contributed by atoms with E-state index >= 15 is 0 Å². The molecule has 0 aliphatic heterocycles. The van der Waals surface area contributed by atoms with Crippen LogP contribution in [0.15, 0.2) is 65.1 Å². The molecule has 1 N–H and O–H groups in total. The van der Waals surface area contributed by atoms with Crippen molar-refractivity contribution in [3.05, 3.63) is 77.4 Å². The second kappa shape index (κ2) is 7.65. The van der Waals surface area contributed by atoms with Crippen molar-refractivity contribution >= 4 is 23.0 Å². The summed E-state index contributed by atoms with van der Waals surface area (Å²) in [6, 6.07) is 13.3. The fourth-order valence-corrected chi connectivity index (χ4v) is 2.25. The number of nitrogens with zero attached hydrogens (tertiary/aromatic N) is 4. The molecule has 0 saturated heterocycles. The topological polar surface area (TPSA) is 79.6 Å². The maximum absolute atomic E-state index is 12.4. The molecule has 26 heavy (non-hydrogen) atoms. The molecule has 6 nitrogen and oxygen atoms in total. The van der Waals surface area contributed by atoms with E-state index < -0.39 is 0 Å². The molecule has 0 saturated carbocycles. The summed E-state index contributed by atoms with van der Waals surface area (Å²) in [6.45, 7) is 5.79. The summed E-state index contributed by atoms with van der Waals surface area (Å²) >= 11 is 0. The first-order valence-corrected chi connectivity index (χ1v) is 8.20. The first-order chi connectivity index (χ1) is 12.5. The van der Waals surface area contributed by atoms with Crippen molar-refractivity contribution in [3.63, 3.8) is 0 Å². The molecule has 0 bridgehead atoms. The van der Waals surface area contributed by atoms with Crippen LogP contribution in [0.25, 0.3) is 0 Å². The Morgan fingerprint density at radius 1 is 0.885 bits per heavy atom. The van der Waals surface area contributed by atoms with Gasteiger partial charge in [-0.15, -0.1) is 5.11 Å². The summed E-state index contributed by atoms with van der Waals surface area (Å²) in [6.07, 6.45) is 3.01. The number of amides is 1. The number of nitrogens with one attached hydrogen (secondary N) is 1. The smallest absolute Gasteiger partial charge is 0.275 e. The van der Waals surface area contributed by atoms with Crippen molar-refractivity contribution in [2.75, 3.05) is 5.32 Å². The number of carbonyl (C=O) groups is 1. The van der Waals surface area contributed by atoms with E-state index in [1.165, 1.54) is 6.20 Å². The highest BCUT2D eigenvalue weighted by Crippen LogP contribution is 2.28. The van der Waals surface area contributed by atoms with Crippen molar-refractivity contribution in [2.24, 2.45) is 10.2 Å². The zero-order valence-corrected chi connectivity index (χ0v) is 14.9. The maximum Gasteiger partial charge on any atom is 0.275 e. The van der Waals surface area contributed by atoms with Crippen molar-refractivity contribution in [2.45, 2.75) is 20.8 Å². The van der Waals surface area contributed by atoms with Gasteiger partial charge in [0.2, 0.25) is 0 Å². The summed E-state index contributed by atoms with van der Waals surface area (Å²) in [5, 5.41) is 11.4. The van der Waals surface area contributed by atoms with Gasteiger partial charge in [0.25, 0.3) is 5.91 Å². The van der Waals surface area contributed by atoms with Gasteiger partial charge in [-0.3, -0.25) is 9.78 Å². The second-order valence-electron chi connectivity index (χ2n) is 6.05. The average molecular weight is 345 g/mol. The third-order valence-corrected chi connectivity index (χ3v) is 3.72. The minimum absolute atomic E-state index is 0.248. The SMILES string of the molecule is Cc1ccc(N=Nc2cc(C)ccc2NC(=O)c2cnc(C)cn2)cc1. The molecule has 0 aliphatic carbocycles. The van der Waals surface area contributed by atoms with Gasteiger partial charge in [0.1, 0.15) is 11.4 Å². The number of benzene rings is 2. The Bertz CT molecular complexity index is 947. The van der Waals surface area contributed by atoms with Crippen molar-refractivity contribution in [1.29, 1.82) is 0 Å². The van der Waals surface area contributed by atoms with Crippen LogP contribution in [0.1, 0.15) is 27.3 Å². The number of rotatable bonds is 4. The summed E-state index contributed by atoms with van der Waals surface area (Å²) in [5.41, 5.74) is 5.08. The quantitative estimate of drug-likeness (QED) is 0.670. The van der Waals surface area contributed by atoms with Gasteiger partial charge in [0.15, 0.2) is 0 Å². The van der Waals surface area contributed by atoms with Gasteiger partial charge in [-0.1, -0.05) is 23.8 Å². The van der Waals surface area contributed by atoms with E-state index in [0.29, 0.717) is 11.4 Å². The lowest BCUT2D eigenvalue weighted by Gasteiger charge is -2.08. The number of hydrogen-bond donors (Lipinski definition) is 1. The Hall–Kier alpha value is -3.41. The first kappa shape index (κ1) is 17.4. The van der Waals surface area contributed by atoms with Crippen LogP contribution in [0.3, 0.4) is 0 Å². The lowest BCUT2D eigenvalue weighted by Crippen LogP contribution is -2.14. The van der Waals surface area contributed by atoms with Crippen LogP contribution < -0.4 is 5.32 Å². The molecule has 0 atom stereocenters. The van der Waals surface area contributed by atoms with Crippen LogP contribution in [-0.4, -0.2) is 15.9 Å². The van der Waals surface area contributed by atoms with Gasteiger partial charge in [0, 0.05) is 6.20 Å². The Labute approximate surface area is 152 Å². The lowest BCUT2D eigenvalue weighted by atomic mass is 10.2. The average Bonchev–Trinajstić information content (AvgIpc) is 2.63. The van der Waals surface area contributed by atoms with E-state index in [1.807, 2.05) is 57.2 Å². The largest absolute Gasteiger partial charge is 0.319 e. The number of aromatic nitrogens is 2. The van der Waals surface area contributed by atoms with Crippen LogP contribution in [0.2, 0.25) is 0 Å². The van der Waals surface area contributed by atoms with Gasteiger partial charge in [-0.05, 0) is 50.6 Å². The number of hydrogen-bond acceptors (Lipinski definition) is 5. The molecule has 0 fully saturated rings. The summed E-state index contributed by atoms with van der Waals surface area (Å²) < 4.78 is 0. The summed E-state index contributed by atoms with van der Waals surface area (Å²) in [4.78, 5) is 20.6. The van der Waals surface area contributed by atoms with Gasteiger partial charge < -0.3 is 5.32 Å². The minimum atomic E-state index is -0.340. The normalized spacial score (nSPS) is 10.9. The van der Waals surface area contributed by atoms with E-state index in [1.54, 1.807) is 12.3 Å². The molecule has 130 valence electrons. The van der Waals surface area contributed by atoms with Crippen LogP contribution in [0.4, 0.5) is 17.1 Å². The Morgan fingerprint density at radius 2 is 1.62 bits per heavy atom. The molecule has 0 radical (unpaired) electrons. The van der Waals surface area contributed by atoms with E-state index in [0.717, 1.165) is 22.5 Å². The highest BCUT2D eigenvalue weighted by molar-refractivity contribution is 6.04. The van der Waals surface area contributed by atoms with Crippen molar-refractivity contribution in [3.8, 4) is 0 Å². The molecule has 1 aromatic heterocycles. The lowest BCUT2D eigenvalue weighted by molar-refractivity contribution is 0.102. The molecular formula is C20H19N5O. The molecule has 3 aromatic rings. The van der Waals surface area contributed by atoms with Crippen molar-refractivity contribution in [1.82, 2.24) is 9.97 Å². The second-order valence-corrected chi connectivity index (χ2v) is 6.05. The van der Waals surface area contributed by atoms with Crippen LogP contribution in [0, 0.1) is 20.8 Å². The molecule has 1 heterocycles. The molecule has 0 unspecified atom stereocenters. The molecule has 1 amide bonds. The number of anilines is 1. The highest BCUT2D eigenvalue weighted by atomic mass is 16.1. The van der Waals surface area contributed by atoms with Crippen LogP contribution in [0.5, 0.6) is 0 Å². The zero-order chi connectivity index (χ0) is 18.5. The Balaban J connectivity index is 1.84. The van der Waals surface area contributed by atoms with Gasteiger partial charge in [-0.2, -0.15) is 5.11 Å². The molecule has 6 heteroatoms. The summed E-state index contributed by atoms with van der Waals surface area (Å²) in [5.74, 6) is -0.340. The molecular weight excluding hydrogens is 326 g/mol. The fourth-order valence-electron chi connectivity index (χ4n) is 2.25. The molecule has 2 aromatic carbocycles. The van der Waals surface area contributed by atoms with Gasteiger partial charge in [-0.25, -0.2) is 4.98 Å². The number of azo groups is 1. The highest BCUT2D eigenvalue weighted by Gasteiger charge is 2.11. The number of carbonyl (C=O) groups excluding carboxylic acids is 1. The zero-order valence-electron chi connectivity index (χ0n) is 14.9. The minimum Gasteiger partial charge on any atom is -0.319 e. The predicted molar refractivity (Wildman–Crippen MR) is 101 cm³/mol.